The molecule has 5 nitrogen and oxygen atoms in total. The lowest BCUT2D eigenvalue weighted by Crippen LogP contribution is -2.40. The Labute approximate surface area is 124 Å². The van der Waals surface area contributed by atoms with E-state index in [4.69, 9.17) is 0 Å². The number of aryl methyl sites for hydroxylation is 1. The molecule has 20 heavy (non-hydrogen) atoms. The van der Waals surface area contributed by atoms with Crippen molar-refractivity contribution in [2.75, 3.05) is 19.6 Å². The number of nitrogens with zero attached hydrogens (tertiary/aromatic N) is 1. The second-order valence-electron chi connectivity index (χ2n) is 5.27. The number of hydrogen-bond acceptors (Lipinski definition) is 5. The van der Waals surface area contributed by atoms with Crippen LogP contribution in [0, 0.1) is 6.92 Å². The van der Waals surface area contributed by atoms with Crippen LogP contribution < -0.4 is 4.72 Å². The van der Waals surface area contributed by atoms with Crippen LogP contribution in [0.4, 0.5) is 0 Å². The van der Waals surface area contributed by atoms with Crippen molar-refractivity contribution < 1.29 is 13.5 Å². The van der Waals surface area contributed by atoms with Gasteiger partial charge in [-0.05, 0) is 50.7 Å². The summed E-state index contributed by atoms with van der Waals surface area (Å²) in [4.78, 5) is 3.05. The Hall–Kier alpha value is -0.470. The number of likely N-dealkylation sites (tertiary alicyclic amines) is 1. The summed E-state index contributed by atoms with van der Waals surface area (Å²) in [5.41, 5.74) is 0.695. The SMILES string of the molecule is Cc1csc(CO)c1S(=O)(=O)NCC(C)N1CCCC1. The molecule has 1 aliphatic heterocycles. The molecule has 1 aromatic rings. The largest absolute Gasteiger partial charge is 0.391 e. The van der Waals surface area contributed by atoms with Gasteiger partial charge in [-0.2, -0.15) is 0 Å². The average Bonchev–Trinajstić information content (AvgIpc) is 3.05. The van der Waals surface area contributed by atoms with Crippen molar-refractivity contribution in [3.63, 3.8) is 0 Å². The molecule has 0 bridgehead atoms. The third kappa shape index (κ3) is 3.40. The molecule has 1 atom stereocenters. The number of thiophene rings is 1. The second-order valence-corrected chi connectivity index (χ2v) is 7.94. The smallest absolute Gasteiger partial charge is 0.242 e. The highest BCUT2D eigenvalue weighted by molar-refractivity contribution is 7.89. The quantitative estimate of drug-likeness (QED) is 0.830. The first-order chi connectivity index (χ1) is 9.45. The molecule has 2 heterocycles. The van der Waals surface area contributed by atoms with Crippen LogP contribution in [0.15, 0.2) is 10.3 Å². The van der Waals surface area contributed by atoms with Gasteiger partial charge in [0.1, 0.15) is 4.90 Å². The minimum atomic E-state index is -3.54. The molecule has 1 unspecified atom stereocenters. The van der Waals surface area contributed by atoms with Crippen LogP contribution in [-0.4, -0.2) is 44.1 Å². The Morgan fingerprint density at radius 3 is 2.70 bits per heavy atom. The van der Waals surface area contributed by atoms with Gasteiger partial charge in [-0.15, -0.1) is 11.3 Å². The topological polar surface area (TPSA) is 69.6 Å². The minimum absolute atomic E-state index is 0.198. The molecule has 0 aromatic carbocycles. The van der Waals surface area contributed by atoms with Gasteiger partial charge in [0.05, 0.1) is 11.5 Å². The molecule has 7 heteroatoms. The predicted octanol–water partition coefficient (Wildman–Crippen LogP) is 1.31. The predicted molar refractivity (Wildman–Crippen MR) is 80.4 cm³/mol. The monoisotopic (exact) mass is 318 g/mol. The highest BCUT2D eigenvalue weighted by atomic mass is 32.2. The van der Waals surface area contributed by atoms with Gasteiger partial charge in [0, 0.05) is 12.6 Å². The van der Waals surface area contributed by atoms with Gasteiger partial charge < -0.3 is 5.11 Å². The van der Waals surface area contributed by atoms with Gasteiger partial charge in [0.25, 0.3) is 0 Å². The molecule has 1 aromatic heterocycles. The summed E-state index contributed by atoms with van der Waals surface area (Å²) in [5.74, 6) is 0. The summed E-state index contributed by atoms with van der Waals surface area (Å²) in [5, 5.41) is 11.0. The number of aliphatic hydroxyl groups is 1. The van der Waals surface area contributed by atoms with Crippen molar-refractivity contribution in [2.45, 2.75) is 44.2 Å². The van der Waals surface area contributed by atoms with Crippen LogP contribution in [0.25, 0.3) is 0 Å². The first kappa shape index (κ1) is 15.9. The highest BCUT2D eigenvalue weighted by Gasteiger charge is 2.25. The van der Waals surface area contributed by atoms with E-state index >= 15 is 0 Å². The van der Waals surface area contributed by atoms with Crippen molar-refractivity contribution in [1.82, 2.24) is 9.62 Å². The first-order valence-electron chi connectivity index (χ1n) is 6.87. The van der Waals surface area contributed by atoms with Crippen LogP contribution in [0.1, 0.15) is 30.2 Å². The van der Waals surface area contributed by atoms with Crippen molar-refractivity contribution >= 4 is 21.4 Å². The van der Waals surface area contributed by atoms with Gasteiger partial charge in [0.2, 0.25) is 10.0 Å². The minimum Gasteiger partial charge on any atom is -0.391 e. The summed E-state index contributed by atoms with van der Waals surface area (Å²) in [6.07, 6.45) is 2.38. The molecule has 0 spiro atoms. The fourth-order valence-corrected chi connectivity index (χ4v) is 5.35. The van der Waals surface area contributed by atoms with E-state index in [2.05, 4.69) is 9.62 Å². The number of hydrogen-bond donors (Lipinski definition) is 2. The summed E-state index contributed by atoms with van der Waals surface area (Å²) < 4.78 is 27.4. The van der Waals surface area contributed by atoms with E-state index in [0.29, 0.717) is 17.0 Å². The van der Waals surface area contributed by atoms with Crippen molar-refractivity contribution in [3.05, 3.63) is 15.8 Å². The molecule has 0 radical (unpaired) electrons. The fourth-order valence-electron chi connectivity index (χ4n) is 2.57. The Morgan fingerprint density at radius 1 is 1.45 bits per heavy atom. The van der Waals surface area contributed by atoms with Gasteiger partial charge >= 0.3 is 0 Å². The third-order valence-corrected chi connectivity index (χ3v) is 6.61. The lowest BCUT2D eigenvalue weighted by Gasteiger charge is -2.23. The maximum atomic E-state index is 12.4. The van der Waals surface area contributed by atoms with E-state index in [9.17, 15) is 13.5 Å². The van der Waals surface area contributed by atoms with E-state index in [1.54, 1.807) is 12.3 Å². The number of nitrogens with one attached hydrogen (secondary N) is 1. The average molecular weight is 318 g/mol. The summed E-state index contributed by atoms with van der Waals surface area (Å²) in [6, 6.07) is 0.198. The van der Waals surface area contributed by atoms with Crippen molar-refractivity contribution in [1.29, 1.82) is 0 Å². The molecule has 114 valence electrons. The van der Waals surface area contributed by atoms with E-state index in [1.165, 1.54) is 24.2 Å². The maximum Gasteiger partial charge on any atom is 0.242 e. The van der Waals surface area contributed by atoms with Gasteiger partial charge in [-0.25, -0.2) is 13.1 Å². The Morgan fingerprint density at radius 2 is 2.10 bits per heavy atom. The molecule has 2 N–H and O–H groups in total. The normalized spacial score (nSPS) is 18.6. The zero-order valence-electron chi connectivity index (χ0n) is 11.9. The molecule has 1 aliphatic rings. The van der Waals surface area contributed by atoms with Crippen LogP contribution in [0.5, 0.6) is 0 Å². The summed E-state index contributed by atoms with van der Waals surface area (Å²) in [6.45, 7) is 6.05. The van der Waals surface area contributed by atoms with E-state index in [0.717, 1.165) is 13.1 Å². The molecule has 2 rings (SSSR count). The Balaban J connectivity index is 2.05. The molecule has 0 saturated carbocycles. The van der Waals surface area contributed by atoms with Crippen molar-refractivity contribution in [3.8, 4) is 0 Å². The van der Waals surface area contributed by atoms with E-state index in [-0.39, 0.29) is 17.5 Å². The van der Waals surface area contributed by atoms with Gasteiger partial charge in [0.15, 0.2) is 0 Å². The third-order valence-electron chi connectivity index (χ3n) is 3.73. The lowest BCUT2D eigenvalue weighted by atomic mass is 10.3. The maximum absolute atomic E-state index is 12.4. The summed E-state index contributed by atoms with van der Waals surface area (Å²) >= 11 is 1.28. The molecule has 1 saturated heterocycles. The number of rotatable bonds is 6. The second kappa shape index (κ2) is 6.53. The fraction of sp³-hybridized carbons (Fsp3) is 0.692. The van der Waals surface area contributed by atoms with Gasteiger partial charge in [-0.1, -0.05) is 0 Å². The Kier molecular flexibility index (Phi) is 5.19. The molecule has 0 aliphatic carbocycles. The lowest BCUT2D eigenvalue weighted by molar-refractivity contribution is 0.259. The van der Waals surface area contributed by atoms with Crippen LogP contribution in [-0.2, 0) is 16.6 Å². The Bertz CT molecular complexity index is 548. The molecule has 1 fully saturated rings. The zero-order chi connectivity index (χ0) is 14.8. The summed E-state index contributed by atoms with van der Waals surface area (Å²) in [7, 11) is -3.54. The first-order valence-corrected chi connectivity index (χ1v) is 9.23. The van der Waals surface area contributed by atoms with Crippen LogP contribution in [0.2, 0.25) is 0 Å². The molecule has 0 amide bonds. The highest BCUT2D eigenvalue weighted by Crippen LogP contribution is 2.26. The van der Waals surface area contributed by atoms with E-state index < -0.39 is 10.0 Å². The molecular formula is C13H22N2O3S2. The zero-order valence-corrected chi connectivity index (χ0v) is 13.6. The van der Waals surface area contributed by atoms with Gasteiger partial charge in [-0.3, -0.25) is 4.90 Å². The number of aliphatic hydroxyl groups excluding tert-OH is 1. The molecular weight excluding hydrogens is 296 g/mol. The van der Waals surface area contributed by atoms with E-state index in [1.807, 2.05) is 6.92 Å². The van der Waals surface area contributed by atoms with Crippen molar-refractivity contribution in [2.24, 2.45) is 0 Å². The van der Waals surface area contributed by atoms with Crippen LogP contribution in [0.3, 0.4) is 0 Å². The number of sulfonamides is 1. The van der Waals surface area contributed by atoms with Crippen LogP contribution >= 0.6 is 11.3 Å². The standard InChI is InChI=1S/C13H22N2O3S2/c1-10-9-19-12(8-16)13(10)20(17,18)14-7-11(2)15-5-3-4-6-15/h9,11,14,16H,3-8H2,1-2H3.